The third-order valence-corrected chi connectivity index (χ3v) is 4.54. The molecule has 4 heteroatoms. The Kier molecular flexibility index (Phi) is 4.13. The van der Waals surface area contributed by atoms with Gasteiger partial charge in [0.05, 0.1) is 7.11 Å². The van der Waals surface area contributed by atoms with E-state index in [0.29, 0.717) is 5.96 Å². The van der Waals surface area contributed by atoms with Crippen LogP contribution in [0.25, 0.3) is 0 Å². The molecular formula is C17H23N3O. The first-order chi connectivity index (χ1) is 10.2. The summed E-state index contributed by atoms with van der Waals surface area (Å²) in [5.74, 6) is 3.70. The number of nitrogens with two attached hydrogens (primary N) is 1. The molecule has 0 radical (unpaired) electrons. The van der Waals surface area contributed by atoms with Gasteiger partial charge in [-0.2, -0.15) is 0 Å². The summed E-state index contributed by atoms with van der Waals surface area (Å²) in [4.78, 5) is 4.44. The van der Waals surface area contributed by atoms with E-state index in [9.17, 15) is 0 Å². The summed E-state index contributed by atoms with van der Waals surface area (Å²) < 4.78 is 5.19. The maximum atomic E-state index is 5.94. The van der Waals surface area contributed by atoms with Crippen molar-refractivity contribution in [3.63, 3.8) is 0 Å². The molecule has 2 aliphatic rings. The lowest BCUT2D eigenvalue weighted by Crippen LogP contribution is -2.23. The summed E-state index contributed by atoms with van der Waals surface area (Å²) in [6.45, 7) is 0.796. The van der Waals surface area contributed by atoms with E-state index in [1.54, 1.807) is 7.11 Å². The highest BCUT2D eigenvalue weighted by Gasteiger charge is 2.34. The first-order valence-electron chi connectivity index (χ1n) is 7.64. The number of ether oxygens (including phenoxy) is 1. The Hall–Kier alpha value is -1.97. The first kappa shape index (κ1) is 14.0. The lowest BCUT2D eigenvalue weighted by Gasteiger charge is -2.16. The molecule has 2 bridgehead atoms. The van der Waals surface area contributed by atoms with Gasteiger partial charge in [-0.05, 0) is 49.1 Å². The molecule has 0 aromatic heterocycles. The molecule has 0 saturated heterocycles. The quantitative estimate of drug-likeness (QED) is 0.496. The smallest absolute Gasteiger partial charge is 0.193 e. The molecule has 1 unspecified atom stereocenters. The first-order valence-corrected chi connectivity index (χ1v) is 7.64. The number of anilines is 1. The molecule has 1 saturated carbocycles. The molecule has 0 amide bonds. The fourth-order valence-electron chi connectivity index (χ4n) is 3.47. The Morgan fingerprint density at radius 3 is 3.00 bits per heavy atom. The highest BCUT2D eigenvalue weighted by Crippen LogP contribution is 2.44. The predicted molar refractivity (Wildman–Crippen MR) is 86.6 cm³/mol. The van der Waals surface area contributed by atoms with Crippen LogP contribution in [0.5, 0.6) is 5.75 Å². The minimum Gasteiger partial charge on any atom is -0.497 e. The van der Waals surface area contributed by atoms with Crippen LogP contribution >= 0.6 is 0 Å². The van der Waals surface area contributed by atoms with Crippen molar-refractivity contribution in [3.8, 4) is 5.75 Å². The Morgan fingerprint density at radius 2 is 2.29 bits per heavy atom. The van der Waals surface area contributed by atoms with Gasteiger partial charge in [-0.3, -0.25) is 4.99 Å². The molecule has 21 heavy (non-hydrogen) atoms. The van der Waals surface area contributed by atoms with Gasteiger partial charge < -0.3 is 15.8 Å². The summed E-state index contributed by atoms with van der Waals surface area (Å²) in [6.07, 6.45) is 8.58. The average molecular weight is 285 g/mol. The Balaban J connectivity index is 1.48. The molecule has 0 spiro atoms. The van der Waals surface area contributed by atoms with Gasteiger partial charge >= 0.3 is 0 Å². The second-order valence-electron chi connectivity index (χ2n) is 5.95. The summed E-state index contributed by atoms with van der Waals surface area (Å²) in [7, 11) is 1.65. The third-order valence-electron chi connectivity index (χ3n) is 4.54. The molecular weight excluding hydrogens is 262 g/mol. The number of allylic oxidation sites excluding steroid dienone is 2. The second-order valence-corrected chi connectivity index (χ2v) is 5.95. The van der Waals surface area contributed by atoms with Crippen molar-refractivity contribution >= 4 is 11.6 Å². The number of nitrogens with one attached hydrogen (secondary N) is 1. The molecule has 3 rings (SSSR count). The van der Waals surface area contributed by atoms with Crippen LogP contribution in [0, 0.1) is 17.8 Å². The molecule has 4 nitrogen and oxygen atoms in total. The molecule has 2 aliphatic carbocycles. The average Bonchev–Trinajstić information content (AvgIpc) is 3.10. The minimum absolute atomic E-state index is 0.474. The van der Waals surface area contributed by atoms with Gasteiger partial charge in [0.1, 0.15) is 5.75 Å². The van der Waals surface area contributed by atoms with Crippen LogP contribution in [-0.4, -0.2) is 19.6 Å². The number of nitrogens with zero attached hydrogens (tertiary/aromatic N) is 1. The number of rotatable bonds is 5. The number of guanidine groups is 1. The Bertz CT molecular complexity index is 553. The van der Waals surface area contributed by atoms with Gasteiger partial charge in [0.25, 0.3) is 0 Å². The predicted octanol–water partition coefficient (Wildman–Crippen LogP) is 3.02. The number of aliphatic imine (C=N–C) groups is 1. The number of benzene rings is 1. The lowest BCUT2D eigenvalue weighted by atomic mass is 9.91. The van der Waals surface area contributed by atoms with Crippen molar-refractivity contribution < 1.29 is 4.74 Å². The molecule has 1 aromatic carbocycles. The summed E-state index contributed by atoms with van der Waals surface area (Å²) in [5.41, 5.74) is 6.84. The fourth-order valence-corrected chi connectivity index (χ4v) is 3.47. The van der Waals surface area contributed by atoms with Gasteiger partial charge in [0.2, 0.25) is 0 Å². The number of hydrogen-bond donors (Lipinski definition) is 2. The second kappa shape index (κ2) is 6.20. The van der Waals surface area contributed by atoms with E-state index < -0.39 is 0 Å². The van der Waals surface area contributed by atoms with E-state index in [4.69, 9.17) is 10.5 Å². The standard InChI is InChI=1S/C17H23N3O/c1-21-16-4-2-3-15(11-16)20-17(18)19-8-7-14-10-12-5-6-13(14)9-12/h2-6,11-14H,7-10H2,1H3,(H3,18,19,20)/t12-,13+,14?/m1/s1. The zero-order chi connectivity index (χ0) is 14.7. The molecule has 1 aromatic rings. The SMILES string of the molecule is COc1cccc(NC(N)=NCCC2C[C@@H]3C=C[C@H]2C3)c1. The summed E-state index contributed by atoms with van der Waals surface area (Å²) in [6, 6.07) is 7.69. The van der Waals surface area contributed by atoms with Gasteiger partial charge in [0.15, 0.2) is 5.96 Å². The van der Waals surface area contributed by atoms with Crippen molar-refractivity contribution in [2.75, 3.05) is 19.0 Å². The fraction of sp³-hybridized carbons (Fsp3) is 0.471. The number of methoxy groups -OCH3 is 1. The molecule has 0 aliphatic heterocycles. The minimum atomic E-state index is 0.474. The van der Waals surface area contributed by atoms with Crippen molar-refractivity contribution in [1.29, 1.82) is 0 Å². The van der Waals surface area contributed by atoms with E-state index in [0.717, 1.165) is 42.2 Å². The topological polar surface area (TPSA) is 59.6 Å². The van der Waals surface area contributed by atoms with Crippen LogP contribution in [0.4, 0.5) is 5.69 Å². The van der Waals surface area contributed by atoms with Crippen LogP contribution in [0.3, 0.4) is 0 Å². The highest BCUT2D eigenvalue weighted by atomic mass is 16.5. The Labute approximate surface area is 126 Å². The van der Waals surface area contributed by atoms with E-state index in [1.807, 2.05) is 24.3 Å². The van der Waals surface area contributed by atoms with Gasteiger partial charge in [-0.15, -0.1) is 0 Å². The molecule has 3 atom stereocenters. The van der Waals surface area contributed by atoms with Crippen molar-refractivity contribution in [3.05, 3.63) is 36.4 Å². The highest BCUT2D eigenvalue weighted by molar-refractivity contribution is 5.92. The maximum Gasteiger partial charge on any atom is 0.193 e. The van der Waals surface area contributed by atoms with Crippen molar-refractivity contribution in [2.45, 2.75) is 19.3 Å². The van der Waals surface area contributed by atoms with E-state index in [1.165, 1.54) is 12.8 Å². The van der Waals surface area contributed by atoms with Crippen molar-refractivity contribution in [1.82, 2.24) is 0 Å². The van der Waals surface area contributed by atoms with Gasteiger partial charge in [-0.1, -0.05) is 18.2 Å². The van der Waals surface area contributed by atoms with Crippen LogP contribution in [-0.2, 0) is 0 Å². The van der Waals surface area contributed by atoms with Crippen LogP contribution in [0.2, 0.25) is 0 Å². The Morgan fingerprint density at radius 1 is 1.38 bits per heavy atom. The van der Waals surface area contributed by atoms with Crippen molar-refractivity contribution in [2.24, 2.45) is 28.5 Å². The number of fused-ring (bicyclic) bond motifs is 2. The van der Waals surface area contributed by atoms with Crippen LogP contribution in [0.1, 0.15) is 19.3 Å². The molecule has 112 valence electrons. The van der Waals surface area contributed by atoms with Gasteiger partial charge in [-0.25, -0.2) is 0 Å². The normalized spacial score (nSPS) is 27.1. The summed E-state index contributed by atoms with van der Waals surface area (Å²) in [5, 5.41) is 3.11. The summed E-state index contributed by atoms with van der Waals surface area (Å²) >= 11 is 0. The molecule has 3 N–H and O–H groups in total. The van der Waals surface area contributed by atoms with E-state index in [-0.39, 0.29) is 0 Å². The zero-order valence-corrected chi connectivity index (χ0v) is 12.5. The van der Waals surface area contributed by atoms with E-state index >= 15 is 0 Å². The largest absolute Gasteiger partial charge is 0.497 e. The van der Waals surface area contributed by atoms with Crippen LogP contribution < -0.4 is 15.8 Å². The van der Waals surface area contributed by atoms with Gasteiger partial charge in [0, 0.05) is 18.3 Å². The number of hydrogen-bond acceptors (Lipinski definition) is 2. The van der Waals surface area contributed by atoms with Crippen LogP contribution in [0.15, 0.2) is 41.4 Å². The molecule has 1 fully saturated rings. The monoisotopic (exact) mass is 285 g/mol. The zero-order valence-electron chi connectivity index (χ0n) is 12.5. The maximum absolute atomic E-state index is 5.94. The molecule has 0 heterocycles. The lowest BCUT2D eigenvalue weighted by molar-refractivity contribution is 0.415. The third kappa shape index (κ3) is 3.38. The van der Waals surface area contributed by atoms with E-state index in [2.05, 4.69) is 22.5 Å².